The molecule has 1 aromatic heterocycles. The summed E-state index contributed by atoms with van der Waals surface area (Å²) in [5, 5.41) is 2.80. The molecule has 0 spiro atoms. The minimum absolute atomic E-state index is 0.237. The van der Waals surface area contributed by atoms with Crippen LogP contribution in [0.4, 0.5) is 11.5 Å². The Labute approximate surface area is 132 Å². The highest BCUT2D eigenvalue weighted by atomic mass is 79.9. The van der Waals surface area contributed by atoms with Crippen LogP contribution in [0, 0.1) is 0 Å². The van der Waals surface area contributed by atoms with Gasteiger partial charge in [0, 0.05) is 18.6 Å². The highest BCUT2D eigenvalue weighted by molar-refractivity contribution is 9.10. The van der Waals surface area contributed by atoms with E-state index in [0.717, 1.165) is 10.3 Å². The molecule has 2 aromatic rings. The predicted octanol–water partition coefficient (Wildman–Crippen LogP) is 3.17. The number of benzene rings is 1. The summed E-state index contributed by atoms with van der Waals surface area (Å²) in [5.41, 5.74) is 1.10. The van der Waals surface area contributed by atoms with E-state index in [9.17, 15) is 4.79 Å². The Morgan fingerprint density at radius 1 is 1.29 bits per heavy atom. The monoisotopic (exact) mass is 349 g/mol. The van der Waals surface area contributed by atoms with Crippen molar-refractivity contribution in [2.24, 2.45) is 0 Å². The molecular weight excluding hydrogens is 334 g/mol. The van der Waals surface area contributed by atoms with E-state index in [-0.39, 0.29) is 5.91 Å². The van der Waals surface area contributed by atoms with Gasteiger partial charge in [-0.05, 0) is 30.3 Å². The van der Waals surface area contributed by atoms with Crippen LogP contribution in [0.25, 0.3) is 0 Å². The molecule has 0 bridgehead atoms. The summed E-state index contributed by atoms with van der Waals surface area (Å²) >= 11 is 3.35. The third-order valence-electron chi connectivity index (χ3n) is 2.87. The largest absolute Gasteiger partial charge is 0.496 e. The minimum Gasteiger partial charge on any atom is -0.496 e. The molecule has 0 aliphatic carbocycles. The maximum Gasteiger partial charge on any atom is 0.259 e. The van der Waals surface area contributed by atoms with Crippen LogP contribution in [-0.2, 0) is 0 Å². The van der Waals surface area contributed by atoms with Gasteiger partial charge in [-0.1, -0.05) is 15.9 Å². The number of halogens is 1. The summed E-state index contributed by atoms with van der Waals surface area (Å²) in [6.45, 7) is 0. The number of ether oxygens (including phenoxy) is 1. The van der Waals surface area contributed by atoms with Crippen LogP contribution in [0.1, 0.15) is 10.4 Å². The number of anilines is 2. The molecule has 0 aliphatic heterocycles. The summed E-state index contributed by atoms with van der Waals surface area (Å²) in [7, 11) is 5.35. The summed E-state index contributed by atoms with van der Waals surface area (Å²) in [5.74, 6) is 1.10. The standard InChI is InChI=1S/C15H16BrN3O2/c1-19(2)14-7-5-11(9-17-14)18-15(20)12-6-4-10(16)8-13(12)21-3/h4-9H,1-3H3,(H,18,20). The van der Waals surface area contributed by atoms with E-state index >= 15 is 0 Å². The number of carbonyl (C=O) groups is 1. The zero-order chi connectivity index (χ0) is 15.4. The highest BCUT2D eigenvalue weighted by Gasteiger charge is 2.13. The quantitative estimate of drug-likeness (QED) is 0.920. The molecule has 2 rings (SSSR count). The molecule has 1 N–H and O–H groups in total. The average Bonchev–Trinajstić information content (AvgIpc) is 2.47. The number of rotatable bonds is 4. The SMILES string of the molecule is COc1cc(Br)ccc1C(=O)Nc1ccc(N(C)C)nc1. The smallest absolute Gasteiger partial charge is 0.259 e. The van der Waals surface area contributed by atoms with Crippen LogP contribution < -0.4 is 15.0 Å². The van der Waals surface area contributed by atoms with Crippen molar-refractivity contribution in [1.29, 1.82) is 0 Å². The van der Waals surface area contributed by atoms with Gasteiger partial charge in [-0.3, -0.25) is 4.79 Å². The van der Waals surface area contributed by atoms with Crippen molar-refractivity contribution in [3.05, 3.63) is 46.6 Å². The highest BCUT2D eigenvalue weighted by Crippen LogP contribution is 2.24. The molecule has 0 saturated carbocycles. The van der Waals surface area contributed by atoms with Crippen molar-refractivity contribution in [3.8, 4) is 5.75 Å². The molecule has 5 nitrogen and oxygen atoms in total. The van der Waals surface area contributed by atoms with Crippen molar-refractivity contribution >= 4 is 33.3 Å². The first-order valence-corrected chi connectivity index (χ1v) is 7.09. The van der Waals surface area contributed by atoms with E-state index in [1.54, 1.807) is 24.4 Å². The van der Waals surface area contributed by atoms with E-state index in [4.69, 9.17) is 4.74 Å². The lowest BCUT2D eigenvalue weighted by molar-refractivity contribution is 0.102. The van der Waals surface area contributed by atoms with E-state index in [1.165, 1.54) is 7.11 Å². The van der Waals surface area contributed by atoms with Crippen LogP contribution in [0.3, 0.4) is 0 Å². The Hall–Kier alpha value is -2.08. The number of amides is 1. The lowest BCUT2D eigenvalue weighted by Crippen LogP contribution is -2.14. The van der Waals surface area contributed by atoms with E-state index < -0.39 is 0 Å². The molecule has 0 fully saturated rings. The van der Waals surface area contributed by atoms with Gasteiger partial charge in [0.05, 0.1) is 24.6 Å². The Morgan fingerprint density at radius 3 is 2.62 bits per heavy atom. The predicted molar refractivity (Wildman–Crippen MR) is 87.2 cm³/mol. The number of hydrogen-bond donors (Lipinski definition) is 1. The van der Waals surface area contributed by atoms with Gasteiger partial charge in [-0.15, -0.1) is 0 Å². The van der Waals surface area contributed by atoms with Gasteiger partial charge in [0.1, 0.15) is 11.6 Å². The molecule has 1 aromatic carbocycles. The maximum atomic E-state index is 12.3. The molecule has 0 unspecified atom stereocenters. The van der Waals surface area contributed by atoms with Crippen LogP contribution in [0.15, 0.2) is 41.0 Å². The number of nitrogens with zero attached hydrogens (tertiary/aromatic N) is 2. The Kier molecular flexibility index (Phi) is 4.80. The van der Waals surface area contributed by atoms with E-state index in [2.05, 4.69) is 26.2 Å². The van der Waals surface area contributed by atoms with Crippen LogP contribution in [-0.4, -0.2) is 32.1 Å². The molecular formula is C15H16BrN3O2. The van der Waals surface area contributed by atoms with E-state index in [1.807, 2.05) is 31.1 Å². The van der Waals surface area contributed by atoms with Crippen molar-refractivity contribution in [2.75, 3.05) is 31.4 Å². The first-order chi connectivity index (χ1) is 10.0. The second kappa shape index (κ2) is 6.58. The van der Waals surface area contributed by atoms with Crippen molar-refractivity contribution < 1.29 is 9.53 Å². The Morgan fingerprint density at radius 2 is 2.05 bits per heavy atom. The third-order valence-corrected chi connectivity index (χ3v) is 3.37. The van der Waals surface area contributed by atoms with E-state index in [0.29, 0.717) is 17.0 Å². The molecule has 0 atom stereocenters. The van der Waals surface area contributed by atoms with Crippen LogP contribution in [0.2, 0.25) is 0 Å². The number of hydrogen-bond acceptors (Lipinski definition) is 4. The van der Waals surface area contributed by atoms with Crippen molar-refractivity contribution in [3.63, 3.8) is 0 Å². The zero-order valence-corrected chi connectivity index (χ0v) is 13.6. The summed E-state index contributed by atoms with van der Waals surface area (Å²) < 4.78 is 6.08. The fourth-order valence-electron chi connectivity index (χ4n) is 1.78. The summed E-state index contributed by atoms with van der Waals surface area (Å²) in [6.07, 6.45) is 1.62. The second-order valence-corrected chi connectivity index (χ2v) is 5.51. The Bertz CT molecular complexity index is 642. The second-order valence-electron chi connectivity index (χ2n) is 4.60. The molecule has 1 amide bonds. The van der Waals surface area contributed by atoms with Gasteiger partial charge in [-0.2, -0.15) is 0 Å². The third kappa shape index (κ3) is 3.72. The number of pyridine rings is 1. The molecule has 21 heavy (non-hydrogen) atoms. The molecule has 1 heterocycles. The first kappa shape index (κ1) is 15.3. The normalized spacial score (nSPS) is 10.1. The minimum atomic E-state index is -0.237. The number of methoxy groups -OCH3 is 1. The molecule has 0 aliphatic rings. The van der Waals surface area contributed by atoms with Gasteiger partial charge < -0.3 is 15.0 Å². The topological polar surface area (TPSA) is 54.5 Å². The average molecular weight is 350 g/mol. The van der Waals surface area contributed by atoms with Gasteiger partial charge in [0.2, 0.25) is 0 Å². The van der Waals surface area contributed by atoms with Gasteiger partial charge in [0.25, 0.3) is 5.91 Å². The fraction of sp³-hybridized carbons (Fsp3) is 0.200. The molecule has 110 valence electrons. The first-order valence-electron chi connectivity index (χ1n) is 6.29. The fourth-order valence-corrected chi connectivity index (χ4v) is 2.12. The van der Waals surface area contributed by atoms with Gasteiger partial charge in [0.15, 0.2) is 0 Å². The van der Waals surface area contributed by atoms with Crippen LogP contribution in [0.5, 0.6) is 5.75 Å². The van der Waals surface area contributed by atoms with Crippen LogP contribution >= 0.6 is 15.9 Å². The van der Waals surface area contributed by atoms with Gasteiger partial charge in [-0.25, -0.2) is 4.98 Å². The van der Waals surface area contributed by atoms with Crippen molar-refractivity contribution in [2.45, 2.75) is 0 Å². The molecule has 0 radical (unpaired) electrons. The number of nitrogens with one attached hydrogen (secondary N) is 1. The lowest BCUT2D eigenvalue weighted by atomic mass is 10.2. The number of carbonyl (C=O) groups excluding carboxylic acids is 1. The number of aromatic nitrogens is 1. The summed E-state index contributed by atoms with van der Waals surface area (Å²) in [6, 6.07) is 8.91. The van der Waals surface area contributed by atoms with Gasteiger partial charge >= 0.3 is 0 Å². The molecule has 6 heteroatoms. The maximum absolute atomic E-state index is 12.3. The van der Waals surface area contributed by atoms with Crippen molar-refractivity contribution in [1.82, 2.24) is 4.98 Å². The molecule has 0 saturated heterocycles. The summed E-state index contributed by atoms with van der Waals surface area (Å²) in [4.78, 5) is 18.4. The zero-order valence-electron chi connectivity index (χ0n) is 12.1. The Balaban J connectivity index is 2.18. The lowest BCUT2D eigenvalue weighted by Gasteiger charge is -2.12.